The highest BCUT2D eigenvalue weighted by Crippen LogP contribution is 2.30. The lowest BCUT2D eigenvalue weighted by Gasteiger charge is -2.32. The zero-order valence-corrected chi connectivity index (χ0v) is 11.3. The Labute approximate surface area is 112 Å². The highest BCUT2D eigenvalue weighted by atomic mass is 16.2. The lowest BCUT2D eigenvalue weighted by atomic mass is 9.96. The summed E-state index contributed by atoms with van der Waals surface area (Å²) in [5, 5.41) is 0. The summed E-state index contributed by atoms with van der Waals surface area (Å²) in [6.07, 6.45) is 0.958. The van der Waals surface area contributed by atoms with Gasteiger partial charge >= 0.3 is 0 Å². The number of nitrogens with zero attached hydrogens (tertiary/aromatic N) is 1. The van der Waals surface area contributed by atoms with Gasteiger partial charge in [-0.15, -0.1) is 0 Å². The molecule has 0 fully saturated rings. The van der Waals surface area contributed by atoms with Gasteiger partial charge < -0.3 is 11.5 Å². The molecule has 0 spiro atoms. The number of carbonyl (C=O) groups excluding carboxylic acids is 2. The number of hydrogen-bond acceptors (Lipinski definition) is 4. The Kier molecular flexibility index (Phi) is 3.43. The van der Waals surface area contributed by atoms with Crippen LogP contribution in [0, 0.1) is 0 Å². The molecule has 2 rings (SSSR count). The first-order chi connectivity index (χ1) is 8.84. The van der Waals surface area contributed by atoms with Crippen molar-refractivity contribution in [3.8, 4) is 0 Å². The number of aryl methyl sites for hydroxylation is 1. The van der Waals surface area contributed by atoms with E-state index in [1.54, 1.807) is 19.9 Å². The van der Waals surface area contributed by atoms with Gasteiger partial charge in [-0.2, -0.15) is 0 Å². The maximum atomic E-state index is 12.3. The van der Waals surface area contributed by atoms with Crippen molar-refractivity contribution < 1.29 is 9.59 Å². The highest BCUT2D eigenvalue weighted by molar-refractivity contribution is 6.19. The second kappa shape index (κ2) is 4.75. The van der Waals surface area contributed by atoms with E-state index in [2.05, 4.69) is 0 Å². The number of amides is 2. The minimum Gasteiger partial charge on any atom is -0.326 e. The predicted octanol–water partition coefficient (Wildman–Crippen LogP) is 0.688. The minimum atomic E-state index is -1.07. The first-order valence-electron chi connectivity index (χ1n) is 6.32. The third-order valence-electron chi connectivity index (χ3n) is 3.23. The van der Waals surface area contributed by atoms with E-state index in [0.29, 0.717) is 25.1 Å². The molecule has 5 nitrogen and oxygen atoms in total. The monoisotopic (exact) mass is 261 g/mol. The predicted molar refractivity (Wildman–Crippen MR) is 73.4 cm³/mol. The Morgan fingerprint density at radius 3 is 2.63 bits per heavy atom. The number of imide groups is 1. The van der Waals surface area contributed by atoms with Crippen LogP contribution in [0.25, 0.3) is 0 Å². The molecule has 0 unspecified atom stereocenters. The van der Waals surface area contributed by atoms with Crippen LogP contribution in [0.3, 0.4) is 0 Å². The first-order valence-corrected chi connectivity index (χ1v) is 6.32. The normalized spacial score (nSPS) is 15.4. The average Bonchev–Trinajstić information content (AvgIpc) is 2.36. The van der Waals surface area contributed by atoms with E-state index < -0.39 is 5.54 Å². The van der Waals surface area contributed by atoms with Crippen molar-refractivity contribution in [2.45, 2.75) is 38.8 Å². The van der Waals surface area contributed by atoms with Gasteiger partial charge in [-0.25, -0.2) is 4.90 Å². The highest BCUT2D eigenvalue weighted by Gasteiger charge is 2.36. The molecule has 4 N–H and O–H groups in total. The summed E-state index contributed by atoms with van der Waals surface area (Å²) >= 11 is 0. The molecular formula is C14H19N3O2. The fourth-order valence-electron chi connectivity index (χ4n) is 2.18. The molecule has 19 heavy (non-hydrogen) atoms. The van der Waals surface area contributed by atoms with Gasteiger partial charge in [-0.3, -0.25) is 9.59 Å². The lowest BCUT2D eigenvalue weighted by molar-refractivity contribution is -0.129. The zero-order valence-electron chi connectivity index (χ0n) is 11.3. The fourth-order valence-corrected chi connectivity index (χ4v) is 2.18. The summed E-state index contributed by atoms with van der Waals surface area (Å²) in [6, 6.07) is 5.56. The van der Waals surface area contributed by atoms with Crippen LogP contribution in [0.5, 0.6) is 0 Å². The van der Waals surface area contributed by atoms with E-state index in [1.165, 1.54) is 4.90 Å². The Balaban J connectivity index is 2.47. The molecule has 1 aliphatic rings. The molecular weight excluding hydrogens is 242 g/mol. The summed E-state index contributed by atoms with van der Waals surface area (Å²) in [5.74, 6) is -0.574. The van der Waals surface area contributed by atoms with Crippen molar-refractivity contribution in [2.75, 3.05) is 4.90 Å². The fraction of sp³-hybridized carbons (Fsp3) is 0.429. The molecule has 1 heterocycles. The molecule has 5 heteroatoms. The summed E-state index contributed by atoms with van der Waals surface area (Å²) < 4.78 is 0. The van der Waals surface area contributed by atoms with E-state index in [-0.39, 0.29) is 11.8 Å². The van der Waals surface area contributed by atoms with Crippen molar-refractivity contribution in [1.29, 1.82) is 0 Å². The topological polar surface area (TPSA) is 89.4 Å². The Hall–Kier alpha value is -1.72. The molecule has 0 aromatic heterocycles. The molecule has 0 aliphatic carbocycles. The second-order valence-electron chi connectivity index (χ2n) is 5.42. The van der Waals surface area contributed by atoms with Crippen LogP contribution < -0.4 is 16.4 Å². The van der Waals surface area contributed by atoms with E-state index >= 15 is 0 Å². The van der Waals surface area contributed by atoms with Crippen molar-refractivity contribution in [3.63, 3.8) is 0 Å². The Morgan fingerprint density at radius 1 is 1.37 bits per heavy atom. The first kappa shape index (κ1) is 13.7. The molecule has 0 saturated heterocycles. The molecule has 0 bridgehead atoms. The van der Waals surface area contributed by atoms with Crippen molar-refractivity contribution in [1.82, 2.24) is 0 Å². The Bertz CT molecular complexity index is 532. The molecule has 0 radical (unpaired) electrons. The summed E-state index contributed by atoms with van der Waals surface area (Å²) in [5.41, 5.74) is 13.0. The summed E-state index contributed by atoms with van der Waals surface area (Å²) in [6.45, 7) is 3.65. The van der Waals surface area contributed by atoms with Gasteiger partial charge in [0.25, 0.3) is 5.91 Å². The maximum Gasteiger partial charge on any atom is 0.253 e. The van der Waals surface area contributed by atoms with Crippen molar-refractivity contribution in [2.24, 2.45) is 11.5 Å². The molecule has 102 valence electrons. The number of rotatable bonds is 2. The minimum absolute atomic E-state index is 0.198. The number of hydrogen-bond donors (Lipinski definition) is 2. The number of benzene rings is 1. The number of carbonyl (C=O) groups is 2. The number of anilines is 1. The van der Waals surface area contributed by atoms with Crippen molar-refractivity contribution in [3.05, 3.63) is 29.3 Å². The second-order valence-corrected chi connectivity index (χ2v) is 5.42. The molecule has 0 saturated carbocycles. The van der Waals surface area contributed by atoms with Gasteiger partial charge in [0.1, 0.15) is 0 Å². The van der Waals surface area contributed by atoms with Gasteiger partial charge in [0.2, 0.25) is 5.91 Å². The largest absolute Gasteiger partial charge is 0.326 e. The molecule has 2 amide bonds. The van der Waals surface area contributed by atoms with Crippen LogP contribution in [-0.2, 0) is 22.6 Å². The average molecular weight is 261 g/mol. The molecule has 1 aliphatic heterocycles. The van der Waals surface area contributed by atoms with Gasteiger partial charge in [0.15, 0.2) is 0 Å². The zero-order chi connectivity index (χ0) is 14.2. The maximum absolute atomic E-state index is 12.3. The van der Waals surface area contributed by atoms with Gasteiger partial charge in [-0.1, -0.05) is 12.1 Å². The van der Waals surface area contributed by atoms with Gasteiger partial charge in [0.05, 0.1) is 11.2 Å². The Morgan fingerprint density at radius 2 is 2.05 bits per heavy atom. The summed E-state index contributed by atoms with van der Waals surface area (Å²) in [7, 11) is 0. The number of nitrogens with two attached hydrogens (primary N) is 2. The third-order valence-corrected chi connectivity index (χ3v) is 3.23. The van der Waals surface area contributed by atoms with Crippen LogP contribution in [0.4, 0.5) is 5.69 Å². The van der Waals surface area contributed by atoms with Crippen LogP contribution in [0.1, 0.15) is 31.4 Å². The van der Waals surface area contributed by atoms with E-state index in [1.807, 2.05) is 12.1 Å². The van der Waals surface area contributed by atoms with Crippen LogP contribution in [0.15, 0.2) is 18.2 Å². The van der Waals surface area contributed by atoms with E-state index in [9.17, 15) is 9.59 Å². The van der Waals surface area contributed by atoms with E-state index in [4.69, 9.17) is 11.5 Å². The quantitative estimate of drug-likeness (QED) is 0.819. The smallest absolute Gasteiger partial charge is 0.253 e. The summed E-state index contributed by atoms with van der Waals surface area (Å²) in [4.78, 5) is 25.5. The van der Waals surface area contributed by atoms with Gasteiger partial charge in [0, 0.05) is 13.0 Å². The van der Waals surface area contributed by atoms with Gasteiger partial charge in [-0.05, 0) is 37.5 Å². The van der Waals surface area contributed by atoms with Crippen LogP contribution >= 0.6 is 0 Å². The number of fused-ring (bicyclic) bond motifs is 1. The standard InChI is InChI=1S/C14H19N3O2/c1-14(2,16)13(19)17-11-5-3-9(8-15)7-10(11)4-6-12(17)18/h3,5,7H,4,6,8,15-16H2,1-2H3. The van der Waals surface area contributed by atoms with Crippen molar-refractivity contribution >= 4 is 17.5 Å². The third kappa shape index (κ3) is 2.52. The lowest BCUT2D eigenvalue weighted by Crippen LogP contribution is -2.54. The van der Waals surface area contributed by atoms with Crippen LogP contribution in [0.2, 0.25) is 0 Å². The van der Waals surface area contributed by atoms with Crippen LogP contribution in [-0.4, -0.2) is 17.4 Å². The molecule has 1 aromatic rings. The molecule has 1 aromatic carbocycles. The van der Waals surface area contributed by atoms with E-state index in [0.717, 1.165) is 11.1 Å². The molecule has 0 atom stereocenters. The SMILES string of the molecule is CC(C)(N)C(=O)N1C(=O)CCc2cc(CN)ccc21.